The maximum absolute atomic E-state index is 11.7. The number of hydrogen-bond acceptors (Lipinski definition) is 3. The van der Waals surface area contributed by atoms with Crippen LogP contribution in [0.4, 0.5) is 0 Å². The maximum Gasteiger partial charge on any atom is 0.303 e. The number of carbonyl (C=O) groups is 2. The van der Waals surface area contributed by atoms with Crippen LogP contribution in [0.1, 0.15) is 48.3 Å². The fraction of sp³-hybridized carbons (Fsp3) is 0.600. The molecule has 1 aromatic heterocycles. The number of hydrogen-bond donors (Lipinski definition) is 2. The number of nitrogens with one attached hydrogen (secondary N) is 1. The zero-order valence-electron chi connectivity index (χ0n) is 12.0. The van der Waals surface area contributed by atoms with E-state index in [-0.39, 0.29) is 12.3 Å². The van der Waals surface area contributed by atoms with E-state index in [0.717, 1.165) is 37.0 Å². The topological polar surface area (TPSA) is 66.4 Å². The van der Waals surface area contributed by atoms with Crippen LogP contribution in [0, 0.1) is 6.92 Å². The standard InChI is InChI=1S/C15H23NO3S/c1-12-8-9-13(20-12)11-14(17)16-10-6-4-2-3-5-7-15(18)19/h8-9H,2-7,10-11H2,1H3,(H,16,17)(H,18,19). The van der Waals surface area contributed by atoms with Gasteiger partial charge in [0, 0.05) is 22.7 Å². The van der Waals surface area contributed by atoms with E-state index in [1.54, 1.807) is 11.3 Å². The number of aryl methyl sites for hydroxylation is 1. The van der Waals surface area contributed by atoms with Gasteiger partial charge in [-0.25, -0.2) is 0 Å². The lowest BCUT2D eigenvalue weighted by atomic mass is 10.1. The van der Waals surface area contributed by atoms with Crippen molar-refractivity contribution in [2.45, 2.75) is 51.9 Å². The highest BCUT2D eigenvalue weighted by molar-refractivity contribution is 7.12. The van der Waals surface area contributed by atoms with E-state index in [2.05, 4.69) is 5.32 Å². The third-order valence-corrected chi connectivity index (χ3v) is 4.02. The van der Waals surface area contributed by atoms with E-state index in [0.29, 0.717) is 13.0 Å². The largest absolute Gasteiger partial charge is 0.481 e. The van der Waals surface area contributed by atoms with Crippen LogP contribution in [0.3, 0.4) is 0 Å². The van der Waals surface area contributed by atoms with Crippen molar-refractivity contribution in [1.29, 1.82) is 0 Å². The second-order valence-electron chi connectivity index (χ2n) is 4.95. The van der Waals surface area contributed by atoms with Gasteiger partial charge in [0.1, 0.15) is 0 Å². The van der Waals surface area contributed by atoms with E-state index >= 15 is 0 Å². The molecule has 0 atom stereocenters. The lowest BCUT2D eigenvalue weighted by Gasteiger charge is -2.04. The van der Waals surface area contributed by atoms with Crippen molar-refractivity contribution >= 4 is 23.2 Å². The molecular weight excluding hydrogens is 274 g/mol. The number of amides is 1. The lowest BCUT2D eigenvalue weighted by molar-refractivity contribution is -0.137. The summed E-state index contributed by atoms with van der Waals surface area (Å²) in [5.41, 5.74) is 0. The van der Waals surface area contributed by atoms with Gasteiger partial charge in [0.15, 0.2) is 0 Å². The molecule has 20 heavy (non-hydrogen) atoms. The zero-order chi connectivity index (χ0) is 14.8. The van der Waals surface area contributed by atoms with E-state index in [1.165, 1.54) is 4.88 Å². The number of carbonyl (C=O) groups excluding carboxylic acids is 1. The molecule has 0 unspecified atom stereocenters. The predicted octanol–water partition coefficient (Wildman–Crippen LogP) is 3.14. The van der Waals surface area contributed by atoms with Gasteiger partial charge in [-0.3, -0.25) is 9.59 Å². The minimum atomic E-state index is -0.721. The van der Waals surface area contributed by atoms with Gasteiger partial charge in [0.05, 0.1) is 6.42 Å². The molecule has 1 amide bonds. The summed E-state index contributed by atoms with van der Waals surface area (Å²) in [5, 5.41) is 11.4. The van der Waals surface area contributed by atoms with Crippen molar-refractivity contribution in [1.82, 2.24) is 5.32 Å². The van der Waals surface area contributed by atoms with Gasteiger partial charge in [-0.1, -0.05) is 19.3 Å². The van der Waals surface area contributed by atoms with Crippen LogP contribution in [-0.4, -0.2) is 23.5 Å². The van der Waals surface area contributed by atoms with E-state index in [1.807, 2.05) is 19.1 Å². The van der Waals surface area contributed by atoms with Gasteiger partial charge in [-0.15, -0.1) is 11.3 Å². The van der Waals surface area contributed by atoms with Crippen molar-refractivity contribution in [3.8, 4) is 0 Å². The summed E-state index contributed by atoms with van der Waals surface area (Å²) in [4.78, 5) is 24.3. The third-order valence-electron chi connectivity index (χ3n) is 3.02. The van der Waals surface area contributed by atoms with Gasteiger partial charge in [-0.05, 0) is 31.9 Å². The first-order chi connectivity index (χ1) is 9.58. The quantitative estimate of drug-likeness (QED) is 0.652. The van der Waals surface area contributed by atoms with Crippen LogP contribution in [0.15, 0.2) is 12.1 Å². The normalized spacial score (nSPS) is 10.4. The van der Waals surface area contributed by atoms with Crippen molar-refractivity contribution in [3.63, 3.8) is 0 Å². The molecule has 0 radical (unpaired) electrons. The number of unbranched alkanes of at least 4 members (excludes halogenated alkanes) is 4. The Kier molecular flexibility index (Phi) is 7.95. The van der Waals surface area contributed by atoms with Gasteiger partial charge in [0.2, 0.25) is 5.91 Å². The number of aliphatic carboxylic acids is 1. The predicted molar refractivity (Wildman–Crippen MR) is 81.1 cm³/mol. The number of carboxylic acids is 1. The summed E-state index contributed by atoms with van der Waals surface area (Å²) in [6.07, 6.45) is 5.47. The van der Waals surface area contributed by atoms with Crippen molar-refractivity contribution in [3.05, 3.63) is 21.9 Å². The number of carboxylic acid groups (broad SMARTS) is 1. The van der Waals surface area contributed by atoms with Crippen LogP contribution in [0.25, 0.3) is 0 Å². The van der Waals surface area contributed by atoms with Gasteiger partial charge < -0.3 is 10.4 Å². The molecule has 2 N–H and O–H groups in total. The highest BCUT2D eigenvalue weighted by atomic mass is 32.1. The Labute approximate surface area is 124 Å². The Morgan fingerprint density at radius 3 is 2.50 bits per heavy atom. The molecule has 0 aliphatic carbocycles. The molecule has 0 aromatic carbocycles. The molecular formula is C15H23NO3S. The first kappa shape index (κ1) is 16.7. The molecule has 1 heterocycles. The van der Waals surface area contributed by atoms with E-state index in [9.17, 15) is 9.59 Å². The molecule has 0 aliphatic heterocycles. The Bertz CT molecular complexity index is 429. The van der Waals surface area contributed by atoms with E-state index in [4.69, 9.17) is 5.11 Å². The second-order valence-corrected chi connectivity index (χ2v) is 6.32. The molecule has 0 bridgehead atoms. The summed E-state index contributed by atoms with van der Waals surface area (Å²) < 4.78 is 0. The molecule has 1 rings (SSSR count). The fourth-order valence-corrected chi connectivity index (χ4v) is 2.85. The SMILES string of the molecule is Cc1ccc(CC(=O)NCCCCCCCC(=O)O)s1. The van der Waals surface area contributed by atoms with Crippen molar-refractivity contribution in [2.24, 2.45) is 0 Å². The summed E-state index contributed by atoms with van der Waals surface area (Å²) in [6.45, 7) is 2.75. The van der Waals surface area contributed by atoms with Crippen molar-refractivity contribution < 1.29 is 14.7 Å². The maximum atomic E-state index is 11.7. The Morgan fingerprint density at radius 2 is 1.85 bits per heavy atom. The molecule has 1 aromatic rings. The van der Waals surface area contributed by atoms with Crippen LogP contribution in [0.5, 0.6) is 0 Å². The number of thiophene rings is 1. The molecule has 0 saturated carbocycles. The molecule has 0 saturated heterocycles. The highest BCUT2D eigenvalue weighted by Crippen LogP contribution is 2.15. The summed E-state index contributed by atoms with van der Waals surface area (Å²) >= 11 is 1.66. The van der Waals surface area contributed by atoms with Crippen LogP contribution in [0.2, 0.25) is 0 Å². The molecule has 112 valence electrons. The van der Waals surface area contributed by atoms with Gasteiger partial charge >= 0.3 is 5.97 Å². The average Bonchev–Trinajstić information content (AvgIpc) is 2.77. The van der Waals surface area contributed by atoms with Crippen LogP contribution >= 0.6 is 11.3 Å². The first-order valence-electron chi connectivity index (χ1n) is 7.12. The monoisotopic (exact) mass is 297 g/mol. The second kappa shape index (κ2) is 9.53. The first-order valence-corrected chi connectivity index (χ1v) is 7.93. The molecule has 4 nitrogen and oxygen atoms in total. The van der Waals surface area contributed by atoms with Crippen LogP contribution < -0.4 is 5.32 Å². The Hall–Kier alpha value is -1.36. The Morgan fingerprint density at radius 1 is 1.15 bits per heavy atom. The number of rotatable bonds is 10. The molecule has 0 fully saturated rings. The smallest absolute Gasteiger partial charge is 0.303 e. The van der Waals surface area contributed by atoms with E-state index < -0.39 is 5.97 Å². The van der Waals surface area contributed by atoms with Crippen LogP contribution in [-0.2, 0) is 16.0 Å². The minimum absolute atomic E-state index is 0.0812. The van der Waals surface area contributed by atoms with Gasteiger partial charge in [-0.2, -0.15) is 0 Å². The summed E-state index contributed by atoms with van der Waals surface area (Å²) in [5.74, 6) is -0.640. The summed E-state index contributed by atoms with van der Waals surface area (Å²) in [6, 6.07) is 4.03. The zero-order valence-corrected chi connectivity index (χ0v) is 12.8. The van der Waals surface area contributed by atoms with Gasteiger partial charge in [0.25, 0.3) is 0 Å². The molecule has 0 aliphatic rings. The Balaban J connectivity index is 1.95. The average molecular weight is 297 g/mol. The summed E-state index contributed by atoms with van der Waals surface area (Å²) in [7, 11) is 0. The minimum Gasteiger partial charge on any atom is -0.481 e. The fourth-order valence-electron chi connectivity index (χ4n) is 1.96. The lowest BCUT2D eigenvalue weighted by Crippen LogP contribution is -2.25. The molecule has 0 spiro atoms. The highest BCUT2D eigenvalue weighted by Gasteiger charge is 2.04. The third kappa shape index (κ3) is 7.94. The molecule has 5 heteroatoms. The van der Waals surface area contributed by atoms with Crippen molar-refractivity contribution in [2.75, 3.05) is 6.54 Å².